The minimum absolute atomic E-state index is 0.0908. The van der Waals surface area contributed by atoms with Crippen molar-refractivity contribution in [2.45, 2.75) is 50.4 Å². The number of methoxy groups -OCH3 is 1. The van der Waals surface area contributed by atoms with Crippen molar-refractivity contribution in [1.82, 2.24) is 14.9 Å². The van der Waals surface area contributed by atoms with Crippen molar-refractivity contribution in [3.05, 3.63) is 30.1 Å². The lowest BCUT2D eigenvalue weighted by Crippen LogP contribution is -2.31. The molecule has 0 aliphatic heterocycles. The second-order valence-corrected chi connectivity index (χ2v) is 8.54. The zero-order chi connectivity index (χ0) is 19.5. The van der Waals surface area contributed by atoms with E-state index >= 15 is 0 Å². The molecule has 0 aliphatic rings. The van der Waals surface area contributed by atoms with Gasteiger partial charge in [0.05, 0.1) is 12.4 Å². The van der Waals surface area contributed by atoms with Crippen LogP contribution in [0.3, 0.4) is 0 Å². The Balaban J connectivity index is 2.15. The van der Waals surface area contributed by atoms with E-state index in [1.807, 2.05) is 46.8 Å². The molecule has 1 atom stereocenters. The van der Waals surface area contributed by atoms with Crippen LogP contribution < -0.4 is 15.9 Å². The predicted octanol–water partition coefficient (Wildman–Crippen LogP) is 3.05. The Morgan fingerprint density at radius 1 is 1.23 bits per heavy atom. The highest BCUT2D eigenvalue weighted by Gasteiger charge is 2.29. The standard InChI is InChI=1S/C18H27N5O2S/c1-11(2)14(15(24)20-12-7-9-13(25-6)10-8-12)26-17-22-21-16(23(17)19)18(3,4)5/h7-11,14H,19H2,1-6H3,(H,20,24). The van der Waals surface area contributed by atoms with Crippen molar-refractivity contribution in [2.75, 3.05) is 18.3 Å². The highest BCUT2D eigenvalue weighted by molar-refractivity contribution is 8.00. The highest BCUT2D eigenvalue weighted by atomic mass is 32.2. The normalized spacial score (nSPS) is 12.9. The van der Waals surface area contributed by atoms with Crippen LogP contribution in [0.15, 0.2) is 29.4 Å². The van der Waals surface area contributed by atoms with E-state index in [4.69, 9.17) is 10.6 Å². The van der Waals surface area contributed by atoms with Crippen LogP contribution >= 0.6 is 11.8 Å². The molecule has 1 unspecified atom stereocenters. The molecule has 0 bridgehead atoms. The molecule has 0 fully saturated rings. The second-order valence-electron chi connectivity index (χ2n) is 7.43. The summed E-state index contributed by atoms with van der Waals surface area (Å²) in [5.74, 6) is 7.56. The Hall–Kier alpha value is -2.22. The maximum atomic E-state index is 12.8. The molecule has 0 aliphatic carbocycles. The van der Waals surface area contributed by atoms with Gasteiger partial charge in [0.1, 0.15) is 5.75 Å². The Morgan fingerprint density at radius 2 is 1.85 bits per heavy atom. The van der Waals surface area contributed by atoms with Crippen LogP contribution in [0.4, 0.5) is 5.69 Å². The molecule has 1 heterocycles. The molecule has 2 aromatic rings. The van der Waals surface area contributed by atoms with Crippen LogP contribution in [0.1, 0.15) is 40.4 Å². The average molecular weight is 378 g/mol. The summed E-state index contributed by atoms with van der Waals surface area (Å²) >= 11 is 1.32. The molecule has 0 saturated heterocycles. The van der Waals surface area contributed by atoms with Gasteiger partial charge in [0.25, 0.3) is 0 Å². The van der Waals surface area contributed by atoms with Crippen molar-refractivity contribution in [3.8, 4) is 5.75 Å². The van der Waals surface area contributed by atoms with Crippen LogP contribution in [-0.4, -0.2) is 33.1 Å². The number of carbonyl (C=O) groups is 1. The van der Waals surface area contributed by atoms with Crippen LogP contribution in [-0.2, 0) is 10.2 Å². The molecule has 142 valence electrons. The number of rotatable bonds is 6. The second kappa shape index (κ2) is 7.99. The molecule has 0 saturated carbocycles. The topological polar surface area (TPSA) is 95.1 Å². The van der Waals surface area contributed by atoms with E-state index in [0.29, 0.717) is 16.7 Å². The highest BCUT2D eigenvalue weighted by Crippen LogP contribution is 2.30. The van der Waals surface area contributed by atoms with Gasteiger partial charge in [0.15, 0.2) is 5.82 Å². The zero-order valence-electron chi connectivity index (χ0n) is 16.1. The summed E-state index contributed by atoms with van der Waals surface area (Å²) < 4.78 is 6.61. The van der Waals surface area contributed by atoms with Crippen molar-refractivity contribution >= 4 is 23.4 Å². The van der Waals surface area contributed by atoms with Crippen molar-refractivity contribution in [3.63, 3.8) is 0 Å². The van der Waals surface area contributed by atoms with Gasteiger partial charge in [0.2, 0.25) is 11.1 Å². The van der Waals surface area contributed by atoms with Gasteiger partial charge in [-0.1, -0.05) is 46.4 Å². The van der Waals surface area contributed by atoms with E-state index in [1.54, 1.807) is 19.2 Å². The fraction of sp³-hybridized carbons (Fsp3) is 0.500. The van der Waals surface area contributed by atoms with Crippen molar-refractivity contribution in [1.29, 1.82) is 0 Å². The molecule has 1 aromatic carbocycles. The summed E-state index contributed by atoms with van der Waals surface area (Å²) in [5.41, 5.74) is 0.492. The Morgan fingerprint density at radius 3 is 2.31 bits per heavy atom. The van der Waals surface area contributed by atoms with Crippen LogP contribution in [0, 0.1) is 5.92 Å². The zero-order valence-corrected chi connectivity index (χ0v) is 16.9. The molecule has 2 rings (SSSR count). The van der Waals surface area contributed by atoms with Gasteiger partial charge < -0.3 is 15.9 Å². The lowest BCUT2D eigenvalue weighted by atomic mass is 9.96. The van der Waals surface area contributed by atoms with Gasteiger partial charge in [-0.25, -0.2) is 4.68 Å². The average Bonchev–Trinajstić information content (AvgIpc) is 2.93. The number of nitrogens with zero attached hydrogens (tertiary/aromatic N) is 3. The summed E-state index contributed by atoms with van der Waals surface area (Å²) in [5, 5.41) is 11.5. The summed E-state index contributed by atoms with van der Waals surface area (Å²) in [7, 11) is 1.60. The number of nitrogens with two attached hydrogens (primary N) is 1. The number of ether oxygens (including phenoxy) is 1. The number of carbonyl (C=O) groups excluding carboxylic acids is 1. The maximum absolute atomic E-state index is 12.8. The monoisotopic (exact) mass is 377 g/mol. The largest absolute Gasteiger partial charge is 0.497 e. The quantitative estimate of drug-likeness (QED) is 0.593. The van der Waals surface area contributed by atoms with E-state index in [2.05, 4.69) is 15.5 Å². The molecule has 0 spiro atoms. The van der Waals surface area contributed by atoms with Crippen molar-refractivity contribution < 1.29 is 9.53 Å². The minimum atomic E-state index is -0.351. The summed E-state index contributed by atoms with van der Waals surface area (Å²) in [6.07, 6.45) is 0. The van der Waals surface area contributed by atoms with E-state index in [0.717, 1.165) is 5.75 Å². The smallest absolute Gasteiger partial charge is 0.238 e. The van der Waals surface area contributed by atoms with Crippen molar-refractivity contribution in [2.24, 2.45) is 5.92 Å². The molecule has 8 heteroatoms. The first kappa shape index (κ1) is 20.1. The molecule has 1 amide bonds. The number of anilines is 1. The van der Waals surface area contributed by atoms with E-state index < -0.39 is 0 Å². The number of amides is 1. The van der Waals surface area contributed by atoms with E-state index in [1.165, 1.54) is 16.4 Å². The first-order valence-corrected chi connectivity index (χ1v) is 9.34. The lowest BCUT2D eigenvalue weighted by Gasteiger charge is -2.20. The number of nitrogens with one attached hydrogen (secondary N) is 1. The molecule has 26 heavy (non-hydrogen) atoms. The molecular weight excluding hydrogens is 350 g/mol. The number of hydrogen-bond acceptors (Lipinski definition) is 6. The number of benzene rings is 1. The Labute approximate surface area is 158 Å². The summed E-state index contributed by atoms with van der Waals surface area (Å²) in [4.78, 5) is 12.8. The third-order valence-corrected chi connectivity index (χ3v) is 5.29. The Bertz CT molecular complexity index is 750. The summed E-state index contributed by atoms with van der Waals surface area (Å²) in [6, 6.07) is 7.22. The number of thioether (sulfide) groups is 1. The van der Waals surface area contributed by atoms with Gasteiger partial charge >= 0.3 is 0 Å². The van der Waals surface area contributed by atoms with E-state index in [9.17, 15) is 4.79 Å². The fourth-order valence-electron chi connectivity index (χ4n) is 2.36. The first-order valence-electron chi connectivity index (χ1n) is 8.46. The molecular formula is C18H27N5O2S. The van der Waals surface area contributed by atoms with Gasteiger partial charge in [-0.3, -0.25) is 4.79 Å². The number of hydrogen-bond donors (Lipinski definition) is 2. The van der Waals surface area contributed by atoms with Crippen LogP contribution in [0.2, 0.25) is 0 Å². The third-order valence-electron chi connectivity index (χ3n) is 3.79. The molecule has 0 radical (unpaired) electrons. The molecule has 1 aromatic heterocycles. The van der Waals surface area contributed by atoms with E-state index in [-0.39, 0.29) is 22.5 Å². The van der Waals surface area contributed by atoms with Gasteiger partial charge in [-0.15, -0.1) is 10.2 Å². The van der Waals surface area contributed by atoms with Crippen LogP contribution in [0.5, 0.6) is 5.75 Å². The maximum Gasteiger partial charge on any atom is 0.238 e. The molecule has 3 N–H and O–H groups in total. The number of nitrogen functional groups attached to an aromatic ring is 1. The van der Waals surface area contributed by atoms with Gasteiger partial charge in [-0.05, 0) is 30.2 Å². The fourth-order valence-corrected chi connectivity index (χ4v) is 3.32. The predicted molar refractivity (Wildman–Crippen MR) is 105 cm³/mol. The van der Waals surface area contributed by atoms with Crippen LogP contribution in [0.25, 0.3) is 0 Å². The van der Waals surface area contributed by atoms with Gasteiger partial charge in [0, 0.05) is 11.1 Å². The SMILES string of the molecule is COc1ccc(NC(=O)C(Sc2nnc(C(C)(C)C)n2N)C(C)C)cc1. The number of aromatic nitrogens is 3. The Kier molecular flexibility index (Phi) is 6.17. The summed E-state index contributed by atoms with van der Waals surface area (Å²) in [6.45, 7) is 10.0. The minimum Gasteiger partial charge on any atom is -0.497 e. The van der Waals surface area contributed by atoms with Gasteiger partial charge in [-0.2, -0.15) is 0 Å². The first-order chi connectivity index (χ1) is 12.1. The molecule has 7 nitrogen and oxygen atoms in total. The lowest BCUT2D eigenvalue weighted by molar-refractivity contribution is -0.116. The third kappa shape index (κ3) is 4.69.